The zero-order valence-corrected chi connectivity index (χ0v) is 16.9. The van der Waals surface area contributed by atoms with Gasteiger partial charge in [-0.3, -0.25) is 0 Å². The van der Waals surface area contributed by atoms with Crippen molar-refractivity contribution in [2.75, 3.05) is 25.1 Å². The quantitative estimate of drug-likeness (QED) is 0.506. The number of pyridine rings is 1. The molecular weight excluding hydrogens is 388 g/mol. The molecule has 6 rings (SSSR count). The third kappa shape index (κ3) is 2.65. The second-order valence-corrected chi connectivity index (χ2v) is 9.56. The van der Waals surface area contributed by atoms with Gasteiger partial charge in [-0.15, -0.1) is 22.7 Å². The summed E-state index contributed by atoms with van der Waals surface area (Å²) < 4.78 is 6.96. The second kappa shape index (κ2) is 6.49. The first-order valence-corrected chi connectivity index (χ1v) is 11.3. The Morgan fingerprint density at radius 3 is 3.14 bits per heavy atom. The van der Waals surface area contributed by atoms with Crippen LogP contribution in [-0.2, 0) is 4.74 Å². The molecule has 1 aromatic carbocycles. The van der Waals surface area contributed by atoms with Crippen LogP contribution < -0.4 is 10.6 Å². The van der Waals surface area contributed by atoms with Gasteiger partial charge in [0, 0.05) is 34.7 Å². The van der Waals surface area contributed by atoms with Crippen molar-refractivity contribution in [1.82, 2.24) is 15.3 Å². The standard InChI is InChI=1S/C21H20N4OS2/c1-2-18-17(23-12-27-18)9-13(1)25-16-4-6-22-20-14(16)10-19(28-20)15-3-7-24-21(15)5-8-26-11-21/h1-2,4,6,9-10,12,15,24H,3,5,7-8,11H2,(H,22,25)/t15-,21-/m1/s1. The highest BCUT2D eigenvalue weighted by molar-refractivity contribution is 7.18. The number of hydrogen-bond donors (Lipinski definition) is 2. The highest BCUT2D eigenvalue weighted by Gasteiger charge is 2.46. The number of thiophene rings is 1. The zero-order chi connectivity index (χ0) is 18.6. The minimum atomic E-state index is 0.115. The van der Waals surface area contributed by atoms with Gasteiger partial charge >= 0.3 is 0 Å². The van der Waals surface area contributed by atoms with Gasteiger partial charge in [0.2, 0.25) is 0 Å². The number of hydrogen-bond acceptors (Lipinski definition) is 7. The van der Waals surface area contributed by atoms with Gasteiger partial charge in [0.1, 0.15) is 4.83 Å². The van der Waals surface area contributed by atoms with Gasteiger partial charge in [0.25, 0.3) is 0 Å². The number of rotatable bonds is 3. The summed E-state index contributed by atoms with van der Waals surface area (Å²) in [6.45, 7) is 2.74. The van der Waals surface area contributed by atoms with Crippen molar-refractivity contribution in [2.24, 2.45) is 0 Å². The molecule has 142 valence electrons. The molecule has 7 heteroatoms. The number of anilines is 2. The van der Waals surface area contributed by atoms with E-state index in [2.05, 4.69) is 50.9 Å². The summed E-state index contributed by atoms with van der Waals surface area (Å²) in [7, 11) is 0. The SMILES string of the molecule is c1cc(Nc2ccc3scnc3c2)c2cc([C@H]3CCN[C@@]34CCOC4)sc2n1. The van der Waals surface area contributed by atoms with Crippen molar-refractivity contribution in [3.63, 3.8) is 0 Å². The molecular formula is C21H20N4OS2. The van der Waals surface area contributed by atoms with Gasteiger partial charge in [-0.25, -0.2) is 9.97 Å². The summed E-state index contributed by atoms with van der Waals surface area (Å²) in [5, 5.41) is 8.51. The van der Waals surface area contributed by atoms with E-state index in [1.807, 2.05) is 23.0 Å². The lowest BCUT2D eigenvalue weighted by Crippen LogP contribution is -2.44. The van der Waals surface area contributed by atoms with Crippen LogP contribution in [0.4, 0.5) is 11.4 Å². The molecule has 4 aromatic rings. The molecule has 0 saturated carbocycles. The van der Waals surface area contributed by atoms with Gasteiger partial charge < -0.3 is 15.4 Å². The molecule has 3 aromatic heterocycles. The smallest absolute Gasteiger partial charge is 0.125 e. The molecule has 2 fully saturated rings. The highest BCUT2D eigenvalue weighted by atomic mass is 32.1. The van der Waals surface area contributed by atoms with E-state index < -0.39 is 0 Å². The maximum absolute atomic E-state index is 5.75. The largest absolute Gasteiger partial charge is 0.379 e. The van der Waals surface area contributed by atoms with E-state index in [-0.39, 0.29) is 5.54 Å². The molecule has 2 saturated heterocycles. The Labute approximate surface area is 170 Å². The first-order valence-electron chi connectivity index (χ1n) is 9.62. The fourth-order valence-corrected chi connectivity index (χ4v) is 6.54. The third-order valence-corrected chi connectivity index (χ3v) is 8.00. The van der Waals surface area contributed by atoms with E-state index in [0.717, 1.165) is 47.9 Å². The highest BCUT2D eigenvalue weighted by Crippen LogP contribution is 2.45. The Bertz CT molecular complexity index is 1160. The van der Waals surface area contributed by atoms with Crippen LogP contribution in [0, 0.1) is 0 Å². The monoisotopic (exact) mass is 408 g/mol. The molecule has 1 spiro atoms. The van der Waals surface area contributed by atoms with Crippen molar-refractivity contribution in [2.45, 2.75) is 24.3 Å². The van der Waals surface area contributed by atoms with Crippen LogP contribution in [0.15, 0.2) is 42.0 Å². The lowest BCUT2D eigenvalue weighted by molar-refractivity contribution is 0.168. The van der Waals surface area contributed by atoms with Crippen LogP contribution >= 0.6 is 22.7 Å². The van der Waals surface area contributed by atoms with Crippen molar-refractivity contribution in [1.29, 1.82) is 0 Å². The topological polar surface area (TPSA) is 59.1 Å². The summed E-state index contributed by atoms with van der Waals surface area (Å²) in [6, 6.07) is 10.8. The second-order valence-electron chi connectivity index (χ2n) is 7.61. The van der Waals surface area contributed by atoms with Crippen LogP contribution in [0.1, 0.15) is 23.6 Å². The third-order valence-electron chi connectivity index (χ3n) is 6.04. The predicted molar refractivity (Wildman–Crippen MR) is 116 cm³/mol. The molecule has 2 aliphatic rings. The van der Waals surface area contributed by atoms with Crippen LogP contribution in [0.3, 0.4) is 0 Å². The normalized spacial score (nSPS) is 24.6. The Hall–Kier alpha value is -2.06. The Balaban J connectivity index is 1.37. The minimum absolute atomic E-state index is 0.115. The summed E-state index contributed by atoms with van der Waals surface area (Å²) in [6.07, 6.45) is 4.16. The van der Waals surface area contributed by atoms with Crippen molar-refractivity contribution >= 4 is 54.5 Å². The summed E-state index contributed by atoms with van der Waals surface area (Å²) >= 11 is 3.49. The average molecular weight is 409 g/mol. The summed E-state index contributed by atoms with van der Waals surface area (Å²) in [5.41, 5.74) is 5.20. The van der Waals surface area contributed by atoms with Crippen molar-refractivity contribution < 1.29 is 4.74 Å². The van der Waals surface area contributed by atoms with Crippen molar-refractivity contribution in [3.05, 3.63) is 46.9 Å². The summed E-state index contributed by atoms with van der Waals surface area (Å²) in [5.74, 6) is 0.508. The number of thiazole rings is 1. The van der Waals surface area contributed by atoms with Gasteiger partial charge in [0.15, 0.2) is 0 Å². The van der Waals surface area contributed by atoms with E-state index >= 15 is 0 Å². The van der Waals surface area contributed by atoms with E-state index in [1.165, 1.54) is 21.4 Å². The Morgan fingerprint density at radius 1 is 1.21 bits per heavy atom. The lowest BCUT2D eigenvalue weighted by Gasteiger charge is -2.28. The van der Waals surface area contributed by atoms with E-state index in [9.17, 15) is 0 Å². The molecule has 0 aliphatic carbocycles. The first-order chi connectivity index (χ1) is 13.8. The maximum Gasteiger partial charge on any atom is 0.125 e. The Morgan fingerprint density at radius 2 is 2.21 bits per heavy atom. The number of fused-ring (bicyclic) bond motifs is 2. The number of ether oxygens (including phenoxy) is 1. The van der Waals surface area contributed by atoms with Crippen molar-refractivity contribution in [3.8, 4) is 0 Å². The number of benzene rings is 1. The molecule has 5 nitrogen and oxygen atoms in total. The average Bonchev–Trinajstić information content (AvgIpc) is 3.49. The van der Waals surface area contributed by atoms with Gasteiger partial charge in [-0.2, -0.15) is 0 Å². The van der Waals surface area contributed by atoms with Crippen LogP contribution in [-0.4, -0.2) is 35.3 Å². The Kier molecular flexibility index (Phi) is 3.91. The van der Waals surface area contributed by atoms with Crippen LogP contribution in [0.25, 0.3) is 20.4 Å². The van der Waals surface area contributed by atoms with Gasteiger partial charge in [0.05, 0.1) is 33.6 Å². The van der Waals surface area contributed by atoms with E-state index in [0.29, 0.717) is 5.92 Å². The van der Waals surface area contributed by atoms with Crippen LogP contribution in [0.5, 0.6) is 0 Å². The van der Waals surface area contributed by atoms with E-state index in [4.69, 9.17) is 4.74 Å². The van der Waals surface area contributed by atoms with Gasteiger partial charge in [-0.05, 0) is 49.7 Å². The fourth-order valence-electron chi connectivity index (χ4n) is 4.60. The molecule has 0 amide bonds. The van der Waals surface area contributed by atoms with E-state index in [1.54, 1.807) is 11.3 Å². The van der Waals surface area contributed by atoms with Crippen LogP contribution in [0.2, 0.25) is 0 Å². The zero-order valence-electron chi connectivity index (χ0n) is 15.3. The molecule has 5 heterocycles. The minimum Gasteiger partial charge on any atom is -0.379 e. The molecule has 0 bridgehead atoms. The summed E-state index contributed by atoms with van der Waals surface area (Å²) in [4.78, 5) is 11.6. The number of nitrogens with zero attached hydrogens (tertiary/aromatic N) is 2. The predicted octanol–water partition coefficient (Wildman–Crippen LogP) is 4.89. The lowest BCUT2D eigenvalue weighted by atomic mass is 9.83. The molecule has 0 radical (unpaired) electrons. The molecule has 28 heavy (non-hydrogen) atoms. The first kappa shape index (κ1) is 16.9. The van der Waals surface area contributed by atoms with Gasteiger partial charge in [-0.1, -0.05) is 0 Å². The fraction of sp³-hybridized carbons (Fsp3) is 0.333. The maximum atomic E-state index is 5.75. The molecule has 0 unspecified atom stereocenters. The molecule has 2 N–H and O–H groups in total. The number of nitrogens with one attached hydrogen (secondary N) is 2. The number of aromatic nitrogens is 2. The molecule has 2 aliphatic heterocycles. The molecule has 2 atom stereocenters.